The average Bonchev–Trinajstić information content (AvgIpc) is 2.46. The summed E-state index contributed by atoms with van der Waals surface area (Å²) < 4.78 is 43.2. The molecule has 0 aromatic carbocycles. The average molecular weight is 290 g/mol. The summed E-state index contributed by atoms with van der Waals surface area (Å²) in [6, 6.07) is 0. The van der Waals surface area contributed by atoms with Gasteiger partial charge < -0.3 is 15.0 Å². The molecular weight excluding hydrogens is 277 g/mol. The predicted molar refractivity (Wildman–Crippen MR) is 63.5 cm³/mol. The fourth-order valence-corrected chi connectivity index (χ4v) is 1.87. The van der Waals surface area contributed by atoms with Gasteiger partial charge in [-0.25, -0.2) is 14.8 Å². The first-order valence-electron chi connectivity index (χ1n) is 5.91. The lowest BCUT2D eigenvalue weighted by Crippen LogP contribution is -2.44. The normalized spacial score (nSPS) is 16.1. The summed E-state index contributed by atoms with van der Waals surface area (Å²) in [4.78, 5) is 20.3. The molecule has 1 N–H and O–H groups in total. The highest BCUT2D eigenvalue weighted by Crippen LogP contribution is 2.31. The Morgan fingerprint density at radius 1 is 1.40 bits per heavy atom. The molecule has 0 radical (unpaired) electrons. The molecule has 2 heterocycles. The molecule has 1 aliphatic heterocycles. The van der Waals surface area contributed by atoms with E-state index in [0.29, 0.717) is 26.2 Å². The lowest BCUT2D eigenvalue weighted by molar-refractivity contribution is -0.141. The zero-order valence-corrected chi connectivity index (χ0v) is 10.7. The van der Waals surface area contributed by atoms with Crippen LogP contribution in [0.5, 0.6) is 0 Å². The van der Waals surface area contributed by atoms with Crippen LogP contribution in [0.1, 0.15) is 16.1 Å². The van der Waals surface area contributed by atoms with Gasteiger partial charge in [0.25, 0.3) is 0 Å². The van der Waals surface area contributed by atoms with E-state index in [2.05, 4.69) is 20.0 Å². The summed E-state index contributed by atoms with van der Waals surface area (Å²) in [5.41, 5.74) is -1.95. The number of methoxy groups -OCH3 is 1. The summed E-state index contributed by atoms with van der Waals surface area (Å²) in [6.07, 6.45) is -3.88. The smallest absolute Gasteiger partial charge is 0.434 e. The summed E-state index contributed by atoms with van der Waals surface area (Å²) in [5, 5.41) is 3.07. The Hall–Kier alpha value is -1.90. The van der Waals surface area contributed by atoms with Crippen LogP contribution < -0.4 is 10.2 Å². The zero-order valence-electron chi connectivity index (χ0n) is 10.7. The van der Waals surface area contributed by atoms with Crippen LogP contribution in [0.2, 0.25) is 0 Å². The minimum Gasteiger partial charge on any atom is -0.465 e. The first-order valence-corrected chi connectivity index (χ1v) is 5.91. The molecular formula is C11H13F3N4O2. The summed E-state index contributed by atoms with van der Waals surface area (Å²) in [7, 11) is 1.01. The second-order valence-electron chi connectivity index (χ2n) is 4.16. The molecule has 0 atom stereocenters. The first-order chi connectivity index (χ1) is 9.43. The van der Waals surface area contributed by atoms with Crippen LogP contribution in [-0.2, 0) is 10.9 Å². The number of esters is 1. The number of piperazine rings is 1. The van der Waals surface area contributed by atoms with E-state index in [-0.39, 0.29) is 5.95 Å². The van der Waals surface area contributed by atoms with Gasteiger partial charge in [0.1, 0.15) is 5.56 Å². The number of rotatable bonds is 2. The van der Waals surface area contributed by atoms with Crippen LogP contribution in [-0.4, -0.2) is 49.2 Å². The standard InChI is InChI=1S/C11H13F3N4O2/c1-20-9(19)7-6-16-10(17-8(7)11(12,13)14)18-4-2-15-3-5-18/h6,15H,2-5H2,1H3. The predicted octanol–water partition coefficient (Wildman–Crippen LogP) is 0.692. The number of ether oxygens (including phenoxy) is 1. The van der Waals surface area contributed by atoms with Crippen molar-refractivity contribution >= 4 is 11.9 Å². The highest BCUT2D eigenvalue weighted by Gasteiger charge is 2.39. The van der Waals surface area contributed by atoms with Crippen molar-refractivity contribution in [3.05, 3.63) is 17.5 Å². The number of halogens is 3. The molecule has 0 bridgehead atoms. The largest absolute Gasteiger partial charge is 0.465 e. The van der Waals surface area contributed by atoms with Crippen LogP contribution >= 0.6 is 0 Å². The summed E-state index contributed by atoms with van der Waals surface area (Å²) in [5.74, 6) is -1.14. The van der Waals surface area contributed by atoms with E-state index >= 15 is 0 Å². The zero-order chi connectivity index (χ0) is 14.8. The number of alkyl halides is 3. The number of nitrogens with zero attached hydrogens (tertiary/aromatic N) is 3. The van der Waals surface area contributed by atoms with Gasteiger partial charge in [-0.2, -0.15) is 13.2 Å². The Labute approximate surface area is 113 Å². The fourth-order valence-electron chi connectivity index (χ4n) is 1.87. The molecule has 9 heteroatoms. The Morgan fingerprint density at radius 3 is 2.60 bits per heavy atom. The maximum absolute atomic E-state index is 13.0. The molecule has 1 aliphatic rings. The summed E-state index contributed by atoms with van der Waals surface area (Å²) >= 11 is 0. The van der Waals surface area contributed by atoms with E-state index in [1.165, 1.54) is 0 Å². The monoisotopic (exact) mass is 290 g/mol. The second kappa shape index (κ2) is 5.61. The lowest BCUT2D eigenvalue weighted by Gasteiger charge is -2.27. The quantitative estimate of drug-likeness (QED) is 0.808. The topological polar surface area (TPSA) is 67.3 Å². The van der Waals surface area contributed by atoms with Gasteiger partial charge in [0.15, 0.2) is 5.69 Å². The summed E-state index contributed by atoms with van der Waals surface area (Å²) in [6.45, 7) is 2.30. The van der Waals surface area contributed by atoms with Crippen molar-refractivity contribution in [2.24, 2.45) is 0 Å². The van der Waals surface area contributed by atoms with Crippen molar-refractivity contribution in [1.29, 1.82) is 0 Å². The molecule has 1 aromatic heterocycles. The van der Waals surface area contributed by atoms with Crippen LogP contribution in [0.25, 0.3) is 0 Å². The van der Waals surface area contributed by atoms with Crippen molar-refractivity contribution in [3.63, 3.8) is 0 Å². The minimum absolute atomic E-state index is 0.0357. The van der Waals surface area contributed by atoms with Gasteiger partial charge in [-0.05, 0) is 0 Å². The second-order valence-corrected chi connectivity index (χ2v) is 4.16. The molecule has 6 nitrogen and oxygen atoms in total. The third kappa shape index (κ3) is 2.98. The van der Waals surface area contributed by atoms with Crippen LogP contribution in [0, 0.1) is 0 Å². The maximum Gasteiger partial charge on any atom is 0.434 e. The van der Waals surface area contributed by atoms with Crippen molar-refractivity contribution in [2.75, 3.05) is 38.2 Å². The van der Waals surface area contributed by atoms with Crippen LogP contribution in [0.3, 0.4) is 0 Å². The van der Waals surface area contributed by atoms with Gasteiger partial charge in [-0.3, -0.25) is 0 Å². The molecule has 1 saturated heterocycles. The van der Waals surface area contributed by atoms with Crippen molar-refractivity contribution in [2.45, 2.75) is 6.18 Å². The van der Waals surface area contributed by atoms with Crippen molar-refractivity contribution in [3.8, 4) is 0 Å². The number of nitrogens with one attached hydrogen (secondary N) is 1. The molecule has 1 aromatic rings. The van der Waals surface area contributed by atoms with Crippen molar-refractivity contribution in [1.82, 2.24) is 15.3 Å². The SMILES string of the molecule is COC(=O)c1cnc(N2CCNCC2)nc1C(F)(F)F. The van der Waals surface area contributed by atoms with Crippen LogP contribution in [0.4, 0.5) is 19.1 Å². The number of hydrogen-bond acceptors (Lipinski definition) is 6. The molecule has 0 spiro atoms. The highest BCUT2D eigenvalue weighted by atomic mass is 19.4. The van der Waals surface area contributed by atoms with Gasteiger partial charge in [-0.15, -0.1) is 0 Å². The molecule has 0 amide bonds. The number of carbonyl (C=O) groups is 1. The van der Waals surface area contributed by atoms with Crippen molar-refractivity contribution < 1.29 is 22.7 Å². The molecule has 0 aliphatic carbocycles. The third-order valence-electron chi connectivity index (χ3n) is 2.85. The van der Waals surface area contributed by atoms with Gasteiger partial charge in [0, 0.05) is 32.4 Å². The van der Waals surface area contributed by atoms with E-state index in [9.17, 15) is 18.0 Å². The number of hydrogen-bond donors (Lipinski definition) is 1. The molecule has 1 fully saturated rings. The van der Waals surface area contributed by atoms with E-state index in [1.807, 2.05) is 0 Å². The fraction of sp³-hybridized carbons (Fsp3) is 0.545. The molecule has 0 saturated carbocycles. The minimum atomic E-state index is -4.74. The van der Waals surface area contributed by atoms with Gasteiger partial charge >= 0.3 is 12.1 Å². The van der Waals surface area contributed by atoms with E-state index < -0.39 is 23.4 Å². The van der Waals surface area contributed by atoms with Gasteiger partial charge in [0.2, 0.25) is 5.95 Å². The molecule has 110 valence electrons. The van der Waals surface area contributed by atoms with E-state index in [1.54, 1.807) is 4.90 Å². The Bertz CT molecular complexity index is 501. The van der Waals surface area contributed by atoms with Gasteiger partial charge in [-0.1, -0.05) is 0 Å². The number of aromatic nitrogens is 2. The molecule has 0 unspecified atom stereocenters. The number of carbonyl (C=O) groups excluding carboxylic acids is 1. The number of anilines is 1. The van der Waals surface area contributed by atoms with Gasteiger partial charge in [0.05, 0.1) is 7.11 Å². The Kier molecular flexibility index (Phi) is 4.07. The lowest BCUT2D eigenvalue weighted by atomic mass is 10.2. The van der Waals surface area contributed by atoms with E-state index in [0.717, 1.165) is 13.3 Å². The Balaban J connectivity index is 2.40. The first kappa shape index (κ1) is 14.5. The Morgan fingerprint density at radius 2 is 2.05 bits per heavy atom. The highest BCUT2D eigenvalue weighted by molar-refractivity contribution is 5.90. The van der Waals surface area contributed by atoms with Crippen LogP contribution in [0.15, 0.2) is 6.20 Å². The molecule has 20 heavy (non-hydrogen) atoms. The maximum atomic E-state index is 13.0. The molecule has 2 rings (SSSR count). The van der Waals surface area contributed by atoms with E-state index in [4.69, 9.17) is 0 Å². The third-order valence-corrected chi connectivity index (χ3v) is 2.85.